The fourth-order valence-electron chi connectivity index (χ4n) is 2.63. The van der Waals surface area contributed by atoms with Crippen LogP contribution in [0.1, 0.15) is 36.6 Å². The molecule has 1 amide bonds. The van der Waals surface area contributed by atoms with Crippen molar-refractivity contribution in [1.29, 1.82) is 0 Å². The zero-order valence-electron chi connectivity index (χ0n) is 11.0. The van der Waals surface area contributed by atoms with Gasteiger partial charge < -0.3 is 4.90 Å². The Kier molecular flexibility index (Phi) is 3.85. The van der Waals surface area contributed by atoms with Crippen LogP contribution in [0.3, 0.4) is 0 Å². The highest BCUT2D eigenvalue weighted by atomic mass is 35.5. The van der Waals surface area contributed by atoms with Gasteiger partial charge in [-0.2, -0.15) is 0 Å². The monoisotopic (exact) mass is 267 g/mol. The molecule has 0 aromatic carbocycles. The van der Waals surface area contributed by atoms with Gasteiger partial charge in [-0.25, -0.2) is 9.97 Å². The Morgan fingerprint density at radius 3 is 2.50 bits per heavy atom. The number of carbonyl (C=O) groups excluding carboxylic acids is 1. The number of hydrogen-bond acceptors (Lipinski definition) is 3. The standard InChI is InChI=1S/C13H18ClN3O/c1-8-4-9(2)7-17(6-8)13(18)11-5-12(14)16-10(3)15-11/h5,8-9H,4,6-7H2,1-3H3/t8-,9-/m0/s1. The summed E-state index contributed by atoms with van der Waals surface area (Å²) < 4.78 is 0. The highest BCUT2D eigenvalue weighted by molar-refractivity contribution is 6.29. The van der Waals surface area contributed by atoms with Gasteiger partial charge in [-0.3, -0.25) is 4.79 Å². The summed E-state index contributed by atoms with van der Waals surface area (Å²) in [4.78, 5) is 22.4. The molecule has 0 N–H and O–H groups in total. The number of carbonyl (C=O) groups is 1. The number of rotatable bonds is 1. The lowest BCUT2D eigenvalue weighted by Gasteiger charge is -2.34. The van der Waals surface area contributed by atoms with E-state index in [0.29, 0.717) is 28.5 Å². The van der Waals surface area contributed by atoms with E-state index in [0.717, 1.165) is 13.1 Å². The third-order valence-corrected chi connectivity index (χ3v) is 3.38. The molecule has 1 saturated heterocycles. The second kappa shape index (κ2) is 5.22. The Labute approximate surface area is 112 Å². The van der Waals surface area contributed by atoms with E-state index in [1.807, 2.05) is 4.90 Å². The lowest BCUT2D eigenvalue weighted by atomic mass is 9.92. The number of halogens is 1. The zero-order valence-corrected chi connectivity index (χ0v) is 11.7. The maximum absolute atomic E-state index is 12.4. The fourth-order valence-corrected chi connectivity index (χ4v) is 2.86. The molecule has 18 heavy (non-hydrogen) atoms. The molecular weight excluding hydrogens is 250 g/mol. The third-order valence-electron chi connectivity index (χ3n) is 3.18. The van der Waals surface area contributed by atoms with Crippen LogP contribution in [0.15, 0.2) is 6.07 Å². The Bertz CT molecular complexity index is 433. The molecular formula is C13H18ClN3O. The molecule has 2 heterocycles. The number of hydrogen-bond donors (Lipinski definition) is 0. The smallest absolute Gasteiger partial charge is 0.272 e. The van der Waals surface area contributed by atoms with Crippen molar-refractivity contribution in [2.75, 3.05) is 13.1 Å². The molecule has 1 aromatic heterocycles. The molecule has 0 spiro atoms. The zero-order chi connectivity index (χ0) is 13.3. The fraction of sp³-hybridized carbons (Fsp3) is 0.615. The predicted octanol–water partition coefficient (Wildman–Crippen LogP) is 2.56. The predicted molar refractivity (Wildman–Crippen MR) is 70.6 cm³/mol. The first kappa shape index (κ1) is 13.3. The van der Waals surface area contributed by atoms with Gasteiger partial charge in [-0.1, -0.05) is 25.4 Å². The van der Waals surface area contributed by atoms with Gasteiger partial charge in [0.1, 0.15) is 16.7 Å². The van der Waals surface area contributed by atoms with Crippen LogP contribution in [0.25, 0.3) is 0 Å². The van der Waals surface area contributed by atoms with Crippen molar-refractivity contribution in [2.45, 2.75) is 27.2 Å². The molecule has 0 unspecified atom stereocenters. The molecule has 5 heteroatoms. The van der Waals surface area contributed by atoms with E-state index in [1.165, 1.54) is 6.42 Å². The topological polar surface area (TPSA) is 46.1 Å². The Morgan fingerprint density at radius 1 is 1.33 bits per heavy atom. The van der Waals surface area contributed by atoms with Crippen LogP contribution in [-0.4, -0.2) is 33.9 Å². The van der Waals surface area contributed by atoms with Crippen molar-refractivity contribution in [3.8, 4) is 0 Å². The molecule has 1 fully saturated rings. The van der Waals surface area contributed by atoms with E-state index in [2.05, 4.69) is 23.8 Å². The van der Waals surface area contributed by atoms with Gasteiger partial charge >= 0.3 is 0 Å². The Balaban J connectivity index is 2.20. The molecule has 1 aliphatic heterocycles. The molecule has 0 bridgehead atoms. The normalized spacial score (nSPS) is 24.1. The molecule has 2 rings (SSSR count). The number of likely N-dealkylation sites (tertiary alicyclic amines) is 1. The maximum atomic E-state index is 12.4. The summed E-state index contributed by atoms with van der Waals surface area (Å²) in [7, 11) is 0. The molecule has 0 aliphatic carbocycles. The van der Waals surface area contributed by atoms with Crippen LogP contribution >= 0.6 is 11.6 Å². The van der Waals surface area contributed by atoms with Crippen molar-refractivity contribution < 1.29 is 4.79 Å². The van der Waals surface area contributed by atoms with Gasteiger partial charge in [0, 0.05) is 19.2 Å². The summed E-state index contributed by atoms with van der Waals surface area (Å²) in [5, 5.41) is 0.323. The minimum atomic E-state index is -0.0409. The van der Waals surface area contributed by atoms with Crippen LogP contribution in [0.5, 0.6) is 0 Å². The number of nitrogens with zero attached hydrogens (tertiary/aromatic N) is 3. The van der Waals surface area contributed by atoms with Crippen molar-refractivity contribution >= 4 is 17.5 Å². The lowest BCUT2D eigenvalue weighted by molar-refractivity contribution is 0.0616. The maximum Gasteiger partial charge on any atom is 0.272 e. The molecule has 0 radical (unpaired) electrons. The lowest BCUT2D eigenvalue weighted by Crippen LogP contribution is -2.42. The first-order valence-electron chi connectivity index (χ1n) is 6.26. The number of aryl methyl sites for hydroxylation is 1. The van der Waals surface area contributed by atoms with Gasteiger partial charge in [0.15, 0.2) is 0 Å². The molecule has 2 atom stereocenters. The average molecular weight is 268 g/mol. The number of amides is 1. The van der Waals surface area contributed by atoms with E-state index >= 15 is 0 Å². The highest BCUT2D eigenvalue weighted by Crippen LogP contribution is 2.22. The van der Waals surface area contributed by atoms with Gasteiger partial charge in [-0.15, -0.1) is 0 Å². The van der Waals surface area contributed by atoms with E-state index in [-0.39, 0.29) is 5.91 Å². The molecule has 4 nitrogen and oxygen atoms in total. The second-order valence-electron chi connectivity index (χ2n) is 5.28. The largest absolute Gasteiger partial charge is 0.337 e. The number of aromatic nitrogens is 2. The SMILES string of the molecule is Cc1nc(Cl)cc(C(=O)N2C[C@@H](C)C[C@H](C)C2)n1. The Morgan fingerprint density at radius 2 is 1.94 bits per heavy atom. The summed E-state index contributed by atoms with van der Waals surface area (Å²) in [6.45, 7) is 7.68. The number of piperidine rings is 1. The molecule has 1 aliphatic rings. The first-order valence-corrected chi connectivity index (χ1v) is 6.64. The van der Waals surface area contributed by atoms with E-state index in [4.69, 9.17) is 11.6 Å². The van der Waals surface area contributed by atoms with Crippen LogP contribution in [-0.2, 0) is 0 Å². The van der Waals surface area contributed by atoms with Crippen LogP contribution in [0.2, 0.25) is 5.15 Å². The van der Waals surface area contributed by atoms with Crippen LogP contribution in [0.4, 0.5) is 0 Å². The first-order chi connectivity index (χ1) is 8.45. The summed E-state index contributed by atoms with van der Waals surface area (Å²) in [5.74, 6) is 1.57. The van der Waals surface area contributed by atoms with Crippen LogP contribution < -0.4 is 0 Å². The minimum Gasteiger partial charge on any atom is -0.337 e. The quantitative estimate of drug-likeness (QED) is 0.735. The minimum absolute atomic E-state index is 0.0409. The van der Waals surface area contributed by atoms with E-state index < -0.39 is 0 Å². The van der Waals surface area contributed by atoms with Crippen molar-refractivity contribution in [3.05, 3.63) is 22.7 Å². The van der Waals surface area contributed by atoms with Crippen molar-refractivity contribution in [2.24, 2.45) is 11.8 Å². The Hall–Kier alpha value is -1.16. The van der Waals surface area contributed by atoms with E-state index in [9.17, 15) is 4.79 Å². The van der Waals surface area contributed by atoms with Gasteiger partial charge in [0.25, 0.3) is 5.91 Å². The van der Waals surface area contributed by atoms with E-state index in [1.54, 1.807) is 13.0 Å². The second-order valence-corrected chi connectivity index (χ2v) is 5.67. The molecule has 1 aromatic rings. The van der Waals surface area contributed by atoms with Gasteiger partial charge in [-0.05, 0) is 25.2 Å². The van der Waals surface area contributed by atoms with Crippen LogP contribution in [0, 0.1) is 18.8 Å². The van der Waals surface area contributed by atoms with Crippen molar-refractivity contribution in [1.82, 2.24) is 14.9 Å². The van der Waals surface area contributed by atoms with Crippen molar-refractivity contribution in [3.63, 3.8) is 0 Å². The summed E-state index contributed by atoms with van der Waals surface area (Å²) in [6.07, 6.45) is 1.17. The summed E-state index contributed by atoms with van der Waals surface area (Å²) in [6, 6.07) is 1.54. The summed E-state index contributed by atoms with van der Waals surface area (Å²) >= 11 is 5.87. The highest BCUT2D eigenvalue weighted by Gasteiger charge is 2.27. The third kappa shape index (κ3) is 2.99. The van der Waals surface area contributed by atoms with Gasteiger partial charge in [0.05, 0.1) is 0 Å². The summed E-state index contributed by atoms with van der Waals surface area (Å²) in [5.41, 5.74) is 0.397. The van der Waals surface area contributed by atoms with Gasteiger partial charge in [0.2, 0.25) is 0 Å². The molecule has 98 valence electrons. The average Bonchev–Trinajstić information content (AvgIpc) is 2.25. The molecule has 0 saturated carbocycles.